The van der Waals surface area contributed by atoms with Gasteiger partial charge in [-0.3, -0.25) is 0 Å². The summed E-state index contributed by atoms with van der Waals surface area (Å²) in [6.45, 7) is 2.91. The molecule has 0 amide bonds. The number of rotatable bonds is 8. The molecule has 0 saturated heterocycles. The summed E-state index contributed by atoms with van der Waals surface area (Å²) in [6, 6.07) is 7.83. The number of hydrogen-bond acceptors (Lipinski definition) is 5. The molecular formula is C17H19NO4. The van der Waals surface area contributed by atoms with E-state index in [0.717, 1.165) is 11.3 Å². The summed E-state index contributed by atoms with van der Waals surface area (Å²) in [5, 5.41) is 3.12. The molecule has 1 aliphatic rings. The van der Waals surface area contributed by atoms with E-state index >= 15 is 0 Å². The van der Waals surface area contributed by atoms with Crippen LogP contribution in [-0.2, 0) is 14.3 Å². The van der Waals surface area contributed by atoms with Crippen LogP contribution in [0.25, 0.3) is 6.08 Å². The lowest BCUT2D eigenvalue weighted by Gasteiger charge is -2.22. The number of carbonyl (C=O) groups excluding carboxylic acids is 1. The molecule has 1 aromatic carbocycles. The largest absolute Gasteiger partial charge is 0.494 e. The summed E-state index contributed by atoms with van der Waals surface area (Å²) in [5.41, 5.74) is 1.05. The van der Waals surface area contributed by atoms with E-state index in [-0.39, 0.29) is 19.4 Å². The third-order valence-electron chi connectivity index (χ3n) is 2.89. The molecule has 5 heteroatoms. The lowest BCUT2D eigenvalue weighted by Crippen LogP contribution is -2.30. The number of hydrogen-bond donors (Lipinski definition) is 1. The fourth-order valence-corrected chi connectivity index (χ4v) is 1.92. The SMILES string of the molecule is CCOC(=CNC1C=Cc2ccccc2O1)COCC=C=O. The van der Waals surface area contributed by atoms with Gasteiger partial charge in [0.25, 0.3) is 0 Å². The average molecular weight is 301 g/mol. The first kappa shape index (κ1) is 15.9. The third kappa shape index (κ3) is 4.81. The van der Waals surface area contributed by atoms with Crippen LogP contribution < -0.4 is 10.1 Å². The van der Waals surface area contributed by atoms with Crippen LogP contribution in [0.2, 0.25) is 0 Å². The van der Waals surface area contributed by atoms with E-state index < -0.39 is 0 Å². The predicted octanol–water partition coefficient (Wildman–Crippen LogP) is 2.29. The molecule has 5 nitrogen and oxygen atoms in total. The number of nitrogens with one attached hydrogen (secondary N) is 1. The van der Waals surface area contributed by atoms with E-state index in [9.17, 15) is 4.79 Å². The monoisotopic (exact) mass is 301 g/mol. The van der Waals surface area contributed by atoms with Gasteiger partial charge in [0.2, 0.25) is 0 Å². The summed E-state index contributed by atoms with van der Waals surface area (Å²) in [7, 11) is 0. The number of ether oxygens (including phenoxy) is 3. The highest BCUT2D eigenvalue weighted by Crippen LogP contribution is 2.24. The fourth-order valence-electron chi connectivity index (χ4n) is 1.92. The van der Waals surface area contributed by atoms with Crippen LogP contribution in [-0.4, -0.2) is 32.0 Å². The van der Waals surface area contributed by atoms with E-state index in [0.29, 0.717) is 12.4 Å². The molecule has 0 radical (unpaired) electrons. The van der Waals surface area contributed by atoms with Crippen LogP contribution in [0.1, 0.15) is 12.5 Å². The Morgan fingerprint density at radius 1 is 1.45 bits per heavy atom. The lowest BCUT2D eigenvalue weighted by atomic mass is 10.1. The van der Waals surface area contributed by atoms with Crippen LogP contribution in [0.15, 0.2) is 48.4 Å². The Morgan fingerprint density at radius 2 is 2.32 bits per heavy atom. The maximum absolute atomic E-state index is 10.1. The van der Waals surface area contributed by atoms with Crippen molar-refractivity contribution in [3.63, 3.8) is 0 Å². The second kappa shape index (κ2) is 8.72. The molecule has 0 spiro atoms. The van der Waals surface area contributed by atoms with Gasteiger partial charge in [-0.2, -0.15) is 0 Å². The van der Waals surface area contributed by atoms with Crippen molar-refractivity contribution in [1.29, 1.82) is 0 Å². The van der Waals surface area contributed by atoms with Gasteiger partial charge in [-0.05, 0) is 25.1 Å². The highest BCUT2D eigenvalue weighted by Gasteiger charge is 2.12. The minimum Gasteiger partial charge on any atom is -0.494 e. The second-order valence-electron chi connectivity index (χ2n) is 4.48. The van der Waals surface area contributed by atoms with E-state index in [1.807, 2.05) is 43.3 Å². The summed E-state index contributed by atoms with van der Waals surface area (Å²) in [4.78, 5) is 10.1. The maximum Gasteiger partial charge on any atom is 0.189 e. The molecular weight excluding hydrogens is 282 g/mol. The molecule has 22 heavy (non-hydrogen) atoms. The second-order valence-corrected chi connectivity index (χ2v) is 4.48. The van der Waals surface area contributed by atoms with Crippen LogP contribution >= 0.6 is 0 Å². The Balaban J connectivity index is 1.89. The first-order valence-corrected chi connectivity index (χ1v) is 7.12. The summed E-state index contributed by atoms with van der Waals surface area (Å²) in [6.07, 6.45) is 6.67. The van der Waals surface area contributed by atoms with E-state index in [4.69, 9.17) is 14.2 Å². The zero-order valence-electron chi connectivity index (χ0n) is 12.5. The quantitative estimate of drug-likeness (QED) is 0.453. The third-order valence-corrected chi connectivity index (χ3v) is 2.89. The summed E-state index contributed by atoms with van der Waals surface area (Å²) < 4.78 is 16.5. The normalized spacial score (nSPS) is 16.2. The molecule has 0 bridgehead atoms. The highest BCUT2D eigenvalue weighted by molar-refractivity contribution is 5.59. The topological polar surface area (TPSA) is 56.8 Å². The molecule has 1 N–H and O–H groups in total. The molecule has 1 unspecified atom stereocenters. The van der Waals surface area contributed by atoms with Gasteiger partial charge in [-0.15, -0.1) is 0 Å². The van der Waals surface area contributed by atoms with Crippen LogP contribution in [0.3, 0.4) is 0 Å². The van der Waals surface area contributed by atoms with Crippen molar-refractivity contribution >= 4 is 12.0 Å². The van der Waals surface area contributed by atoms with Crippen molar-refractivity contribution < 1.29 is 19.0 Å². The Kier molecular flexibility index (Phi) is 6.30. The molecule has 1 atom stereocenters. The van der Waals surface area contributed by atoms with E-state index in [1.165, 1.54) is 6.08 Å². The van der Waals surface area contributed by atoms with Gasteiger partial charge < -0.3 is 19.5 Å². The van der Waals surface area contributed by atoms with Crippen LogP contribution in [0.4, 0.5) is 0 Å². The smallest absolute Gasteiger partial charge is 0.189 e. The van der Waals surface area contributed by atoms with Crippen molar-refractivity contribution in [1.82, 2.24) is 5.32 Å². The minimum absolute atomic E-state index is 0.209. The minimum atomic E-state index is -0.264. The average Bonchev–Trinajstić information content (AvgIpc) is 2.56. The summed E-state index contributed by atoms with van der Waals surface area (Å²) >= 11 is 0. The van der Waals surface area contributed by atoms with Crippen LogP contribution in [0.5, 0.6) is 5.75 Å². The Hall–Kier alpha value is -2.49. The van der Waals surface area contributed by atoms with Crippen LogP contribution in [0, 0.1) is 0 Å². The molecule has 116 valence electrons. The van der Waals surface area contributed by atoms with Gasteiger partial charge in [0.15, 0.2) is 6.23 Å². The van der Waals surface area contributed by atoms with Crippen molar-refractivity contribution in [2.24, 2.45) is 0 Å². The first-order valence-electron chi connectivity index (χ1n) is 7.12. The van der Waals surface area contributed by atoms with Gasteiger partial charge >= 0.3 is 0 Å². The molecule has 0 aromatic heterocycles. The molecule has 1 aromatic rings. The zero-order valence-corrected chi connectivity index (χ0v) is 12.5. The van der Waals surface area contributed by atoms with Gasteiger partial charge in [-0.25, -0.2) is 4.79 Å². The predicted molar refractivity (Wildman–Crippen MR) is 83.8 cm³/mol. The molecule has 0 fully saturated rings. The molecule has 1 aliphatic heterocycles. The van der Waals surface area contributed by atoms with Crippen molar-refractivity contribution in [3.8, 4) is 5.75 Å². The number of fused-ring (bicyclic) bond motifs is 1. The lowest BCUT2D eigenvalue weighted by molar-refractivity contribution is 0.116. The van der Waals surface area contributed by atoms with E-state index in [1.54, 1.807) is 12.1 Å². The highest BCUT2D eigenvalue weighted by atomic mass is 16.5. The standard InChI is InChI=1S/C17H19NO4/c1-2-21-15(13-20-11-5-10-19)12-18-17-9-8-14-6-3-4-7-16(14)22-17/h3-9,12,17-18H,2,11,13H2,1H3. The molecule has 2 rings (SSSR count). The molecule has 1 heterocycles. The van der Waals surface area contributed by atoms with Crippen molar-refractivity contribution in [2.75, 3.05) is 19.8 Å². The van der Waals surface area contributed by atoms with Gasteiger partial charge in [0.1, 0.15) is 24.1 Å². The Morgan fingerprint density at radius 3 is 3.14 bits per heavy atom. The number of benzene rings is 1. The van der Waals surface area contributed by atoms with Gasteiger partial charge in [-0.1, -0.05) is 18.2 Å². The van der Waals surface area contributed by atoms with E-state index in [2.05, 4.69) is 5.32 Å². The Labute approximate surface area is 129 Å². The first-order chi connectivity index (χ1) is 10.8. The molecule has 0 aliphatic carbocycles. The fraction of sp³-hybridized carbons (Fsp3) is 0.294. The zero-order chi connectivity index (χ0) is 15.6. The number of para-hydroxylation sites is 1. The van der Waals surface area contributed by atoms with Gasteiger partial charge in [0.05, 0.1) is 13.2 Å². The Bertz CT molecular complexity index is 588. The van der Waals surface area contributed by atoms with Crippen molar-refractivity contribution in [2.45, 2.75) is 13.2 Å². The molecule has 0 saturated carbocycles. The maximum atomic E-state index is 10.1. The summed E-state index contributed by atoms with van der Waals surface area (Å²) in [5.74, 6) is 3.13. The van der Waals surface area contributed by atoms with Crippen molar-refractivity contribution in [3.05, 3.63) is 53.9 Å². The van der Waals surface area contributed by atoms with Gasteiger partial charge in [0, 0.05) is 17.8 Å².